The highest BCUT2D eigenvalue weighted by Crippen LogP contribution is 2.37. The van der Waals surface area contributed by atoms with Crippen molar-refractivity contribution in [3.8, 4) is 23.0 Å². The van der Waals surface area contributed by atoms with E-state index in [9.17, 15) is 9.59 Å². The largest absolute Gasteiger partial charge is 0.493 e. The summed E-state index contributed by atoms with van der Waals surface area (Å²) in [4.78, 5) is 29.9. The SMILES string of the molecule is COc1cc2nccc(Oc3ccc(NC(=O)c4cn(C)c(=O)cc4Nc4ccccc4)cc3)c2cc1OC. The van der Waals surface area contributed by atoms with Crippen LogP contribution in [-0.2, 0) is 7.05 Å². The predicted octanol–water partition coefficient (Wildman–Crippen LogP) is 5.74. The highest BCUT2D eigenvalue weighted by Gasteiger charge is 2.15. The molecule has 0 saturated carbocycles. The lowest BCUT2D eigenvalue weighted by atomic mass is 10.1. The number of pyridine rings is 2. The molecule has 3 aromatic carbocycles. The molecule has 9 nitrogen and oxygen atoms in total. The van der Waals surface area contributed by atoms with Crippen molar-refractivity contribution in [1.29, 1.82) is 0 Å². The predicted molar refractivity (Wildman–Crippen MR) is 151 cm³/mol. The number of methoxy groups -OCH3 is 2. The molecule has 0 fully saturated rings. The number of anilines is 3. The van der Waals surface area contributed by atoms with Crippen LogP contribution in [0.4, 0.5) is 17.1 Å². The summed E-state index contributed by atoms with van der Waals surface area (Å²) in [6, 6.07) is 23.1. The van der Waals surface area contributed by atoms with Crippen LogP contribution >= 0.6 is 0 Å². The molecular formula is C30H26N4O5. The first-order chi connectivity index (χ1) is 18.9. The van der Waals surface area contributed by atoms with Gasteiger partial charge >= 0.3 is 0 Å². The maximum absolute atomic E-state index is 13.2. The zero-order chi connectivity index (χ0) is 27.4. The third-order valence-corrected chi connectivity index (χ3v) is 6.07. The van der Waals surface area contributed by atoms with E-state index in [4.69, 9.17) is 14.2 Å². The summed E-state index contributed by atoms with van der Waals surface area (Å²) in [6.07, 6.45) is 3.17. The molecule has 2 aromatic heterocycles. The minimum absolute atomic E-state index is 0.230. The Morgan fingerprint density at radius 3 is 2.28 bits per heavy atom. The number of ether oxygens (including phenoxy) is 3. The lowest BCUT2D eigenvalue weighted by molar-refractivity contribution is 0.102. The Morgan fingerprint density at radius 1 is 0.846 bits per heavy atom. The number of nitrogens with zero attached hydrogens (tertiary/aromatic N) is 2. The number of amides is 1. The van der Waals surface area contributed by atoms with Gasteiger partial charge in [-0.2, -0.15) is 0 Å². The Kier molecular flexibility index (Phi) is 7.13. The van der Waals surface area contributed by atoms with Gasteiger partial charge in [-0.1, -0.05) is 18.2 Å². The monoisotopic (exact) mass is 522 g/mol. The van der Waals surface area contributed by atoms with E-state index in [-0.39, 0.29) is 11.5 Å². The lowest BCUT2D eigenvalue weighted by Gasteiger charge is -2.14. The standard InChI is InChI=1S/C30H26N4O5/c1-34-18-23(25(17-29(34)35)32-19-7-5-4-6-8-19)30(36)33-20-9-11-21(12-10-20)39-26-13-14-31-24-16-28(38-3)27(37-2)15-22(24)26/h4-18,32H,1-3H3,(H,33,36). The van der Waals surface area contributed by atoms with E-state index >= 15 is 0 Å². The highest BCUT2D eigenvalue weighted by molar-refractivity contribution is 6.08. The van der Waals surface area contributed by atoms with Gasteiger partial charge in [0, 0.05) is 48.3 Å². The molecule has 5 rings (SSSR count). The number of aryl methyl sites for hydroxylation is 1. The minimum atomic E-state index is -0.362. The second-order valence-corrected chi connectivity index (χ2v) is 8.65. The highest BCUT2D eigenvalue weighted by atomic mass is 16.5. The second kappa shape index (κ2) is 11.0. The summed E-state index contributed by atoms with van der Waals surface area (Å²) >= 11 is 0. The van der Waals surface area contributed by atoms with Crippen molar-refractivity contribution in [1.82, 2.24) is 9.55 Å². The Morgan fingerprint density at radius 2 is 1.56 bits per heavy atom. The van der Waals surface area contributed by atoms with Gasteiger partial charge < -0.3 is 29.4 Å². The Labute approximate surface area is 224 Å². The van der Waals surface area contributed by atoms with Crippen molar-refractivity contribution in [2.24, 2.45) is 7.05 Å². The van der Waals surface area contributed by atoms with Gasteiger partial charge in [-0.05, 0) is 48.5 Å². The number of carbonyl (C=O) groups excluding carboxylic acids is 1. The lowest BCUT2D eigenvalue weighted by Crippen LogP contribution is -2.22. The fourth-order valence-electron chi connectivity index (χ4n) is 4.06. The van der Waals surface area contributed by atoms with Gasteiger partial charge in [-0.25, -0.2) is 0 Å². The molecule has 1 amide bonds. The summed E-state index contributed by atoms with van der Waals surface area (Å²) in [5.74, 6) is 1.96. The van der Waals surface area contributed by atoms with Gasteiger partial charge in [0.05, 0.1) is 31.0 Å². The van der Waals surface area contributed by atoms with Gasteiger partial charge in [-0.3, -0.25) is 14.6 Å². The molecule has 0 spiro atoms. The molecule has 0 bridgehead atoms. The van der Waals surface area contributed by atoms with Crippen LogP contribution in [0.15, 0.2) is 96.1 Å². The van der Waals surface area contributed by atoms with Gasteiger partial charge in [-0.15, -0.1) is 0 Å². The van der Waals surface area contributed by atoms with Gasteiger partial charge in [0.1, 0.15) is 11.5 Å². The van der Waals surface area contributed by atoms with Crippen molar-refractivity contribution >= 4 is 33.9 Å². The summed E-state index contributed by atoms with van der Waals surface area (Å²) < 4.78 is 18.3. The maximum Gasteiger partial charge on any atom is 0.259 e. The van der Waals surface area contributed by atoms with Crippen LogP contribution in [0, 0.1) is 0 Å². The van der Waals surface area contributed by atoms with Crippen molar-refractivity contribution in [3.05, 3.63) is 107 Å². The van der Waals surface area contributed by atoms with Crippen LogP contribution in [0.2, 0.25) is 0 Å². The third kappa shape index (κ3) is 5.52. The molecule has 0 radical (unpaired) electrons. The number of benzene rings is 3. The van der Waals surface area contributed by atoms with E-state index in [0.717, 1.165) is 11.1 Å². The molecule has 2 N–H and O–H groups in total. The summed E-state index contributed by atoms with van der Waals surface area (Å²) in [5.41, 5.74) is 2.54. The molecule has 5 aromatic rings. The number of nitrogens with one attached hydrogen (secondary N) is 2. The summed E-state index contributed by atoms with van der Waals surface area (Å²) in [6.45, 7) is 0. The maximum atomic E-state index is 13.2. The number of fused-ring (bicyclic) bond motifs is 1. The molecule has 39 heavy (non-hydrogen) atoms. The summed E-state index contributed by atoms with van der Waals surface area (Å²) in [7, 11) is 4.75. The molecule has 2 heterocycles. The molecule has 0 aliphatic heterocycles. The first kappa shape index (κ1) is 25.3. The number of rotatable bonds is 8. The van der Waals surface area contributed by atoms with Crippen LogP contribution in [0.5, 0.6) is 23.0 Å². The van der Waals surface area contributed by atoms with Crippen molar-refractivity contribution < 1.29 is 19.0 Å². The van der Waals surface area contributed by atoms with E-state index in [1.807, 2.05) is 36.4 Å². The van der Waals surface area contributed by atoms with E-state index in [2.05, 4.69) is 15.6 Å². The number of carbonyl (C=O) groups is 1. The van der Waals surface area contributed by atoms with Gasteiger partial charge in [0.2, 0.25) is 0 Å². The van der Waals surface area contributed by atoms with E-state index < -0.39 is 0 Å². The van der Waals surface area contributed by atoms with Crippen LogP contribution < -0.4 is 30.4 Å². The van der Waals surface area contributed by atoms with Crippen LogP contribution in [0.25, 0.3) is 10.9 Å². The van der Waals surface area contributed by atoms with Crippen molar-refractivity contribution in [2.75, 3.05) is 24.9 Å². The fraction of sp³-hybridized carbons (Fsp3) is 0.100. The second-order valence-electron chi connectivity index (χ2n) is 8.65. The van der Waals surface area contributed by atoms with Crippen LogP contribution in [0.1, 0.15) is 10.4 Å². The fourth-order valence-corrected chi connectivity index (χ4v) is 4.06. The number of hydrogen-bond acceptors (Lipinski definition) is 7. The topological polar surface area (TPSA) is 104 Å². The zero-order valence-electron chi connectivity index (χ0n) is 21.6. The first-order valence-electron chi connectivity index (χ1n) is 12.1. The van der Waals surface area contributed by atoms with Crippen LogP contribution in [0.3, 0.4) is 0 Å². The van der Waals surface area contributed by atoms with Gasteiger partial charge in [0.25, 0.3) is 11.5 Å². The van der Waals surface area contributed by atoms with Crippen molar-refractivity contribution in [2.45, 2.75) is 0 Å². The molecule has 0 aliphatic rings. The van der Waals surface area contributed by atoms with Crippen molar-refractivity contribution in [3.63, 3.8) is 0 Å². The van der Waals surface area contributed by atoms with E-state index in [1.54, 1.807) is 63.9 Å². The molecule has 196 valence electrons. The smallest absolute Gasteiger partial charge is 0.259 e. The van der Waals surface area contributed by atoms with Crippen LogP contribution in [-0.4, -0.2) is 29.7 Å². The number of hydrogen-bond donors (Lipinski definition) is 2. The average molecular weight is 523 g/mol. The Hall–Kier alpha value is -5.31. The first-order valence-corrected chi connectivity index (χ1v) is 12.1. The molecule has 0 atom stereocenters. The quantitative estimate of drug-likeness (QED) is 0.268. The van der Waals surface area contributed by atoms with Gasteiger partial charge in [0.15, 0.2) is 11.5 Å². The molecule has 0 saturated heterocycles. The number of aromatic nitrogens is 2. The zero-order valence-corrected chi connectivity index (χ0v) is 21.6. The normalized spacial score (nSPS) is 10.6. The Bertz CT molecular complexity index is 1700. The molecule has 9 heteroatoms. The van der Waals surface area contributed by atoms with E-state index in [0.29, 0.717) is 45.5 Å². The van der Waals surface area contributed by atoms with E-state index in [1.165, 1.54) is 16.8 Å². The number of para-hydroxylation sites is 1. The average Bonchev–Trinajstić information content (AvgIpc) is 2.95. The molecule has 0 unspecified atom stereocenters. The summed E-state index contributed by atoms with van der Waals surface area (Å²) in [5, 5.41) is 6.81. The third-order valence-electron chi connectivity index (χ3n) is 6.07. The molecular weight excluding hydrogens is 496 g/mol. The Balaban J connectivity index is 1.36. The molecule has 0 aliphatic carbocycles. The minimum Gasteiger partial charge on any atom is -0.493 e.